The van der Waals surface area contributed by atoms with Crippen molar-refractivity contribution in [1.82, 2.24) is 25.0 Å². The maximum absolute atomic E-state index is 12.1. The molecule has 1 aromatic heterocycles. The molecule has 1 atom stereocenters. The number of hydrogen-bond acceptors (Lipinski definition) is 7. The Morgan fingerprint density at radius 1 is 1.33 bits per heavy atom. The van der Waals surface area contributed by atoms with E-state index in [1.54, 1.807) is 13.2 Å². The van der Waals surface area contributed by atoms with Gasteiger partial charge in [0.25, 0.3) is 0 Å². The number of hydrogen-bond donors (Lipinski definition) is 2. The van der Waals surface area contributed by atoms with Gasteiger partial charge >= 0.3 is 0 Å². The fourth-order valence-electron chi connectivity index (χ4n) is 4.01. The van der Waals surface area contributed by atoms with Crippen molar-refractivity contribution in [2.24, 2.45) is 0 Å². The molecule has 162 valence electrons. The van der Waals surface area contributed by atoms with E-state index < -0.39 is 0 Å². The van der Waals surface area contributed by atoms with Crippen molar-refractivity contribution in [3.63, 3.8) is 0 Å². The molecule has 1 aromatic carbocycles. The molecule has 0 spiro atoms. The van der Waals surface area contributed by atoms with Crippen LogP contribution in [0, 0.1) is 0 Å². The van der Waals surface area contributed by atoms with Crippen LogP contribution in [0.15, 0.2) is 18.2 Å². The summed E-state index contributed by atoms with van der Waals surface area (Å²) in [6, 6.07) is 5.41. The molecule has 0 aliphatic carbocycles. The topological polar surface area (TPSA) is 102 Å². The van der Waals surface area contributed by atoms with E-state index in [0.717, 1.165) is 56.1 Å². The number of nitrogens with zero attached hydrogens (tertiary/aromatic N) is 4. The average molecular weight is 415 g/mol. The van der Waals surface area contributed by atoms with Crippen molar-refractivity contribution >= 4 is 5.91 Å². The third-order valence-electron chi connectivity index (χ3n) is 5.75. The molecule has 1 fully saturated rings. The second kappa shape index (κ2) is 9.44. The number of aromatic nitrogens is 3. The van der Waals surface area contributed by atoms with Gasteiger partial charge in [0.05, 0.1) is 7.11 Å². The lowest BCUT2D eigenvalue weighted by atomic mass is 10.1. The van der Waals surface area contributed by atoms with E-state index in [-0.39, 0.29) is 17.8 Å². The maximum Gasteiger partial charge on any atom is 0.249 e. The van der Waals surface area contributed by atoms with Crippen LogP contribution in [0.3, 0.4) is 0 Å². The second-order valence-corrected chi connectivity index (χ2v) is 7.75. The first-order valence-corrected chi connectivity index (χ1v) is 10.5. The summed E-state index contributed by atoms with van der Waals surface area (Å²) in [5.41, 5.74) is 0.880. The molecular formula is C21H29N5O4. The van der Waals surface area contributed by atoms with Crippen LogP contribution >= 0.6 is 0 Å². The van der Waals surface area contributed by atoms with Crippen LogP contribution < -0.4 is 10.1 Å². The molecule has 30 heavy (non-hydrogen) atoms. The van der Waals surface area contributed by atoms with Crippen molar-refractivity contribution in [2.75, 3.05) is 33.4 Å². The first-order chi connectivity index (χ1) is 14.6. The summed E-state index contributed by atoms with van der Waals surface area (Å²) in [6.07, 6.45) is 2.88. The van der Waals surface area contributed by atoms with Gasteiger partial charge in [-0.25, -0.2) is 0 Å². The molecule has 2 aliphatic heterocycles. The Morgan fingerprint density at radius 2 is 2.23 bits per heavy atom. The number of phenols is 1. The fraction of sp³-hybridized carbons (Fsp3) is 0.571. The molecule has 0 radical (unpaired) electrons. The maximum atomic E-state index is 12.1. The Morgan fingerprint density at radius 3 is 3.00 bits per heavy atom. The number of carbonyl (C=O) groups excluding carboxylic acids is 1. The minimum Gasteiger partial charge on any atom is -0.507 e. The van der Waals surface area contributed by atoms with Gasteiger partial charge in [0.2, 0.25) is 5.91 Å². The lowest BCUT2D eigenvalue weighted by molar-refractivity contribution is -0.130. The molecule has 0 saturated carbocycles. The summed E-state index contributed by atoms with van der Waals surface area (Å²) in [7, 11) is 1.59. The smallest absolute Gasteiger partial charge is 0.249 e. The third kappa shape index (κ3) is 4.73. The van der Waals surface area contributed by atoms with Gasteiger partial charge < -0.3 is 24.5 Å². The van der Waals surface area contributed by atoms with E-state index in [0.29, 0.717) is 31.9 Å². The fourth-order valence-corrected chi connectivity index (χ4v) is 4.01. The van der Waals surface area contributed by atoms with Gasteiger partial charge in [0.15, 0.2) is 0 Å². The van der Waals surface area contributed by atoms with Crippen molar-refractivity contribution in [1.29, 1.82) is 0 Å². The van der Waals surface area contributed by atoms with E-state index in [1.807, 2.05) is 12.1 Å². The van der Waals surface area contributed by atoms with Gasteiger partial charge in [-0.1, -0.05) is 6.07 Å². The molecule has 1 saturated heterocycles. The number of amides is 1. The van der Waals surface area contributed by atoms with E-state index in [2.05, 4.69) is 25.0 Å². The molecule has 2 aliphatic rings. The van der Waals surface area contributed by atoms with Crippen LogP contribution in [-0.2, 0) is 35.5 Å². The quantitative estimate of drug-likeness (QED) is 0.692. The standard InChI is InChI=1S/C21H29N5O4/c1-29-16-5-4-15(17(27)13-16)14-25-9-7-20-24-23-19(26(20)11-10-25)6-8-22-21(28)18-3-2-12-30-18/h4-5,13,18,27H,2-3,6-12,14H2,1H3,(H,22,28). The average Bonchev–Trinajstić information content (AvgIpc) is 3.37. The number of benzene rings is 1. The zero-order chi connectivity index (χ0) is 20.9. The Kier molecular flexibility index (Phi) is 6.49. The highest BCUT2D eigenvalue weighted by Crippen LogP contribution is 2.25. The van der Waals surface area contributed by atoms with Gasteiger partial charge in [-0.2, -0.15) is 0 Å². The molecule has 2 aromatic rings. The Bertz CT molecular complexity index is 878. The molecule has 9 heteroatoms. The molecule has 1 amide bonds. The largest absolute Gasteiger partial charge is 0.507 e. The molecular weight excluding hydrogens is 386 g/mol. The summed E-state index contributed by atoms with van der Waals surface area (Å²) in [4.78, 5) is 14.4. The SMILES string of the molecule is COc1ccc(CN2CCc3nnc(CCNC(=O)C4CCCO4)n3CC2)c(O)c1. The summed E-state index contributed by atoms with van der Waals surface area (Å²) in [6.45, 7) is 4.33. The van der Waals surface area contributed by atoms with Crippen molar-refractivity contribution < 1.29 is 19.4 Å². The number of phenolic OH excluding ortho intramolecular Hbond substituents is 1. The molecule has 1 unspecified atom stereocenters. The number of nitrogens with one attached hydrogen (secondary N) is 1. The number of ether oxygens (including phenoxy) is 2. The van der Waals surface area contributed by atoms with Crippen LogP contribution in [0.2, 0.25) is 0 Å². The molecule has 3 heterocycles. The third-order valence-corrected chi connectivity index (χ3v) is 5.75. The normalized spacial score (nSPS) is 19.3. The van der Waals surface area contributed by atoms with Gasteiger partial charge in [0.1, 0.15) is 29.3 Å². The van der Waals surface area contributed by atoms with E-state index in [9.17, 15) is 9.90 Å². The zero-order valence-corrected chi connectivity index (χ0v) is 17.3. The zero-order valence-electron chi connectivity index (χ0n) is 17.3. The van der Waals surface area contributed by atoms with Gasteiger partial charge in [-0.15, -0.1) is 10.2 Å². The number of rotatable bonds is 7. The Labute approximate surface area is 176 Å². The first kappa shape index (κ1) is 20.6. The van der Waals surface area contributed by atoms with E-state index in [1.165, 1.54) is 0 Å². The van der Waals surface area contributed by atoms with E-state index >= 15 is 0 Å². The number of methoxy groups -OCH3 is 1. The molecule has 2 N–H and O–H groups in total. The number of aromatic hydroxyl groups is 1. The van der Waals surface area contributed by atoms with E-state index in [4.69, 9.17) is 9.47 Å². The van der Waals surface area contributed by atoms with Crippen LogP contribution in [0.5, 0.6) is 11.5 Å². The monoisotopic (exact) mass is 415 g/mol. The second-order valence-electron chi connectivity index (χ2n) is 7.75. The van der Waals surface area contributed by atoms with Crippen molar-refractivity contribution in [2.45, 2.75) is 44.9 Å². The lowest BCUT2D eigenvalue weighted by Crippen LogP contribution is -2.35. The minimum atomic E-state index is -0.302. The Hall–Kier alpha value is -2.65. The van der Waals surface area contributed by atoms with Crippen LogP contribution in [-0.4, -0.2) is 70.1 Å². The highest BCUT2D eigenvalue weighted by Gasteiger charge is 2.24. The van der Waals surface area contributed by atoms with Crippen LogP contribution in [0.1, 0.15) is 30.1 Å². The predicted molar refractivity (Wildman–Crippen MR) is 109 cm³/mol. The van der Waals surface area contributed by atoms with Crippen molar-refractivity contribution in [3.05, 3.63) is 35.4 Å². The summed E-state index contributed by atoms with van der Waals surface area (Å²) in [5, 5.41) is 21.9. The predicted octanol–water partition coefficient (Wildman–Crippen LogP) is 0.888. The highest BCUT2D eigenvalue weighted by molar-refractivity contribution is 5.80. The molecule has 9 nitrogen and oxygen atoms in total. The Balaban J connectivity index is 1.31. The minimum absolute atomic E-state index is 0.0337. The lowest BCUT2D eigenvalue weighted by Gasteiger charge is -2.20. The first-order valence-electron chi connectivity index (χ1n) is 10.5. The number of carbonyl (C=O) groups is 1. The number of fused-ring (bicyclic) bond motifs is 1. The molecule has 4 rings (SSSR count). The highest BCUT2D eigenvalue weighted by atomic mass is 16.5. The summed E-state index contributed by atoms with van der Waals surface area (Å²) >= 11 is 0. The van der Waals surface area contributed by atoms with Crippen LogP contribution in [0.25, 0.3) is 0 Å². The van der Waals surface area contributed by atoms with Gasteiger partial charge in [-0.05, 0) is 18.9 Å². The summed E-state index contributed by atoms with van der Waals surface area (Å²) < 4.78 is 12.7. The van der Waals surface area contributed by atoms with Gasteiger partial charge in [0, 0.05) is 63.8 Å². The summed E-state index contributed by atoms with van der Waals surface area (Å²) in [5.74, 6) is 2.73. The van der Waals surface area contributed by atoms with Crippen molar-refractivity contribution in [3.8, 4) is 11.5 Å². The van der Waals surface area contributed by atoms with Crippen LogP contribution in [0.4, 0.5) is 0 Å². The molecule has 0 bridgehead atoms. The van der Waals surface area contributed by atoms with Gasteiger partial charge in [-0.3, -0.25) is 9.69 Å².